The molecule has 21 heteroatoms. The van der Waals surface area contributed by atoms with Gasteiger partial charge in [0, 0.05) is 38.5 Å². The first-order valence-corrected chi connectivity index (χ1v) is 25.6. The van der Waals surface area contributed by atoms with Crippen LogP contribution in [-0.2, 0) is 34.8 Å². The van der Waals surface area contributed by atoms with E-state index in [-0.39, 0.29) is 60.1 Å². The van der Waals surface area contributed by atoms with E-state index in [0.29, 0.717) is 57.9 Å². The van der Waals surface area contributed by atoms with Crippen molar-refractivity contribution in [2.75, 3.05) is 49.4 Å². The topological polar surface area (TPSA) is 166 Å². The molecule has 2 N–H and O–H groups in total. The molecule has 4 aromatic rings. The van der Waals surface area contributed by atoms with Gasteiger partial charge < -0.3 is 34.6 Å². The van der Waals surface area contributed by atoms with Crippen LogP contribution in [0.3, 0.4) is 0 Å². The number of anilines is 2. The number of ether oxygens (including phenoxy) is 3. The summed E-state index contributed by atoms with van der Waals surface area (Å²) in [5.41, 5.74) is 0.183. The van der Waals surface area contributed by atoms with Crippen molar-refractivity contribution in [3.63, 3.8) is 0 Å². The number of aromatic nitrogens is 1. The molecule has 2 fully saturated rings. The number of unbranched alkanes of at least 4 members (excludes halogenated alkanes) is 2. The summed E-state index contributed by atoms with van der Waals surface area (Å²) in [6, 6.07) is 12.1. The maximum absolute atomic E-state index is 15.4. The van der Waals surface area contributed by atoms with Crippen LogP contribution in [0.25, 0.3) is 10.4 Å². The minimum Gasteiger partial charge on any atom is -0.488 e. The van der Waals surface area contributed by atoms with Crippen molar-refractivity contribution in [2.24, 2.45) is 11.3 Å². The maximum Gasteiger partial charge on any atom is 0.417 e. The molecule has 2 saturated heterocycles. The van der Waals surface area contributed by atoms with Gasteiger partial charge >= 0.3 is 6.18 Å². The molecule has 0 spiro atoms. The molecule has 0 bridgehead atoms. The summed E-state index contributed by atoms with van der Waals surface area (Å²) in [6.07, 6.45) is -2.25. The van der Waals surface area contributed by atoms with Gasteiger partial charge in [0.05, 0.1) is 57.3 Å². The van der Waals surface area contributed by atoms with Gasteiger partial charge in [0.2, 0.25) is 17.7 Å². The monoisotopic (exact) mass is 1070 g/mol. The van der Waals surface area contributed by atoms with Crippen molar-refractivity contribution in [3.05, 3.63) is 94.1 Å². The number of hydrogen-bond acceptors (Lipinski definition) is 11. The number of nitriles is 1. The van der Waals surface area contributed by atoms with Crippen LogP contribution in [0, 0.1) is 41.2 Å². The number of rotatable bonds is 21. The standard InChI is InChI=1S/C53H62F5N7O7S2/c1-31-23-42(47(67)61-32(2)34-13-15-35(16-14-34)45-33(3)60-30-74-45)63(28-31)48(68)46(51(4,5)6)62-43(66)29-71-21-12-20-70-19-10-9-11-22-72-44-40(54)25-38(26-41(44)55)65-50(73)64(49(69)52(65,7)8)37-18-17-36(27-59)39(24-37)53(56,57)58/h13-18,24-26,30-32,42,46H,9-12,19-23,28-29H2,1-8H3,(H,61,67)(H,62,66)/t31-,32+,42+,46-/m1/s1. The Morgan fingerprint density at radius 3 is 2.20 bits per heavy atom. The fraction of sp³-hybridized carbons (Fsp3) is 0.491. The van der Waals surface area contributed by atoms with E-state index in [1.165, 1.54) is 19.9 Å². The van der Waals surface area contributed by atoms with Crippen molar-refractivity contribution < 1.29 is 55.3 Å². The predicted octanol–water partition coefficient (Wildman–Crippen LogP) is 9.82. The first-order valence-electron chi connectivity index (χ1n) is 24.3. The van der Waals surface area contributed by atoms with Gasteiger partial charge in [-0.15, -0.1) is 11.3 Å². The molecule has 2 aliphatic heterocycles. The Morgan fingerprint density at radius 2 is 1.58 bits per heavy atom. The predicted molar refractivity (Wildman–Crippen MR) is 274 cm³/mol. The van der Waals surface area contributed by atoms with Crippen molar-refractivity contribution in [1.29, 1.82) is 5.26 Å². The number of carbonyl (C=O) groups excluding carboxylic acids is 4. The number of halogens is 5. The van der Waals surface area contributed by atoms with Crippen LogP contribution in [0.5, 0.6) is 5.75 Å². The molecular weight excluding hydrogens is 1010 g/mol. The molecule has 4 amide bonds. The van der Waals surface area contributed by atoms with Gasteiger partial charge in [-0.2, -0.15) is 18.4 Å². The molecule has 0 radical (unpaired) electrons. The summed E-state index contributed by atoms with van der Waals surface area (Å²) in [4.78, 5) is 63.5. The van der Waals surface area contributed by atoms with Gasteiger partial charge in [-0.05, 0) is 113 Å². The Bertz CT molecular complexity index is 2720. The summed E-state index contributed by atoms with van der Waals surface area (Å²) in [5.74, 6) is -4.52. The van der Waals surface area contributed by atoms with E-state index in [1.807, 2.05) is 71.3 Å². The third kappa shape index (κ3) is 13.4. The average molecular weight is 1070 g/mol. The van der Waals surface area contributed by atoms with Crippen LogP contribution >= 0.6 is 23.6 Å². The maximum atomic E-state index is 15.4. The van der Waals surface area contributed by atoms with E-state index in [9.17, 15) is 37.6 Å². The summed E-state index contributed by atoms with van der Waals surface area (Å²) >= 11 is 7.05. The molecule has 0 unspecified atom stereocenters. The summed E-state index contributed by atoms with van der Waals surface area (Å²) in [7, 11) is 0. The Hall–Kier alpha value is -6.08. The zero-order chi connectivity index (χ0) is 54.3. The van der Waals surface area contributed by atoms with Crippen molar-refractivity contribution in [3.8, 4) is 22.3 Å². The quantitative estimate of drug-likeness (QED) is 0.0463. The van der Waals surface area contributed by atoms with E-state index >= 15 is 8.78 Å². The lowest BCUT2D eigenvalue weighted by Gasteiger charge is -2.35. The first kappa shape index (κ1) is 57.2. The average Bonchev–Trinajstić information content (AvgIpc) is 4.00. The van der Waals surface area contributed by atoms with E-state index in [1.54, 1.807) is 16.2 Å². The Labute approximate surface area is 437 Å². The molecule has 14 nitrogen and oxygen atoms in total. The SMILES string of the molecule is Cc1ncsc1-c1ccc([C@H](C)NC(=O)[C@@H]2C[C@@H](C)CN2C(=O)[C@@H](NC(=O)COCCCOCCCCCOc2c(F)cc(N3C(=S)N(c4ccc(C#N)c(C(F)(F)F)c4)C(=O)C3(C)C)cc2F)C(C)(C)C)cc1. The Kier molecular flexibility index (Phi) is 18.6. The van der Waals surface area contributed by atoms with E-state index in [2.05, 4.69) is 15.6 Å². The highest BCUT2D eigenvalue weighted by atomic mass is 32.1. The lowest BCUT2D eigenvalue weighted by Crippen LogP contribution is -2.58. The van der Waals surface area contributed by atoms with Gasteiger partial charge in [-0.1, -0.05) is 52.0 Å². The fourth-order valence-corrected chi connectivity index (χ4v) is 10.2. The molecular formula is C53H62F5N7O7S2. The first-order chi connectivity index (χ1) is 34.8. The highest BCUT2D eigenvalue weighted by molar-refractivity contribution is 7.81. The van der Waals surface area contributed by atoms with Gasteiger partial charge in [0.25, 0.3) is 5.91 Å². The molecule has 3 heterocycles. The molecule has 398 valence electrons. The number of aryl methyl sites for hydroxylation is 1. The second kappa shape index (κ2) is 24.1. The normalized spacial score (nSPS) is 17.6. The number of thiocarbonyl (C=S) groups is 1. The lowest BCUT2D eigenvalue weighted by molar-refractivity contribution is -0.144. The summed E-state index contributed by atoms with van der Waals surface area (Å²) in [5, 5.41) is 14.8. The van der Waals surface area contributed by atoms with Gasteiger partial charge in [-0.25, -0.2) is 13.8 Å². The van der Waals surface area contributed by atoms with Gasteiger partial charge in [-0.3, -0.25) is 24.1 Å². The molecule has 4 atom stereocenters. The number of nitrogens with one attached hydrogen (secondary N) is 2. The number of hydrogen-bond donors (Lipinski definition) is 2. The van der Waals surface area contributed by atoms with Crippen LogP contribution in [0.4, 0.5) is 33.3 Å². The molecule has 0 aliphatic carbocycles. The van der Waals surface area contributed by atoms with E-state index < -0.39 is 69.5 Å². The second-order valence-corrected chi connectivity index (χ2v) is 21.4. The van der Waals surface area contributed by atoms with E-state index in [0.717, 1.165) is 55.8 Å². The van der Waals surface area contributed by atoms with Gasteiger partial charge in [0.15, 0.2) is 22.5 Å². The highest BCUT2D eigenvalue weighted by Gasteiger charge is 2.51. The zero-order valence-corrected chi connectivity index (χ0v) is 44.3. The number of thiazole rings is 1. The third-order valence-electron chi connectivity index (χ3n) is 12.9. The number of carbonyl (C=O) groups is 4. The fourth-order valence-electron chi connectivity index (χ4n) is 8.91. The van der Waals surface area contributed by atoms with Crippen molar-refractivity contribution in [1.82, 2.24) is 20.5 Å². The largest absolute Gasteiger partial charge is 0.488 e. The van der Waals surface area contributed by atoms with Crippen LogP contribution in [-0.4, -0.2) is 95.8 Å². The van der Waals surface area contributed by atoms with Crippen LogP contribution < -0.4 is 25.2 Å². The van der Waals surface area contributed by atoms with Crippen LogP contribution in [0.1, 0.15) is 109 Å². The minimum absolute atomic E-state index is 0.0257. The van der Waals surface area contributed by atoms with E-state index in [4.69, 9.17) is 26.4 Å². The molecule has 2 aliphatic rings. The zero-order valence-electron chi connectivity index (χ0n) is 42.7. The highest BCUT2D eigenvalue weighted by Crippen LogP contribution is 2.41. The Balaban J connectivity index is 0.883. The van der Waals surface area contributed by atoms with Crippen LogP contribution in [0.2, 0.25) is 0 Å². The molecule has 6 rings (SSSR count). The second-order valence-electron chi connectivity index (χ2n) is 20.2. The Morgan fingerprint density at radius 1 is 0.932 bits per heavy atom. The van der Waals surface area contributed by atoms with Gasteiger partial charge in [0.1, 0.15) is 24.2 Å². The van der Waals surface area contributed by atoms with Crippen molar-refractivity contribution >= 4 is 63.7 Å². The molecule has 74 heavy (non-hydrogen) atoms. The number of amides is 4. The van der Waals surface area contributed by atoms with Crippen LogP contribution in [0.15, 0.2) is 60.1 Å². The molecule has 0 saturated carbocycles. The number of benzene rings is 3. The molecule has 1 aromatic heterocycles. The number of alkyl halides is 3. The van der Waals surface area contributed by atoms with Crippen molar-refractivity contribution in [2.45, 2.75) is 117 Å². The number of nitrogens with zero attached hydrogens (tertiary/aromatic N) is 5. The smallest absolute Gasteiger partial charge is 0.417 e. The molecule has 3 aromatic carbocycles. The minimum atomic E-state index is -4.90. The third-order valence-corrected chi connectivity index (χ3v) is 14.2. The lowest BCUT2D eigenvalue weighted by atomic mass is 9.85. The number of likely N-dealkylation sites (tertiary alicyclic amines) is 1. The summed E-state index contributed by atoms with van der Waals surface area (Å²) < 4.78 is 88.6. The summed E-state index contributed by atoms with van der Waals surface area (Å²) in [6.45, 7) is 15.3.